The number of likely N-dealkylation sites (tertiary alicyclic amines) is 1. The van der Waals surface area contributed by atoms with Crippen molar-refractivity contribution in [2.45, 2.75) is 95.9 Å². The molecule has 2 aliphatic heterocycles. The fourth-order valence-electron chi connectivity index (χ4n) is 6.72. The highest BCUT2D eigenvalue weighted by Gasteiger charge is 2.50. The van der Waals surface area contributed by atoms with E-state index in [4.69, 9.17) is 9.47 Å². The molecule has 250 valence electrons. The van der Waals surface area contributed by atoms with Crippen LogP contribution in [0.15, 0.2) is 24.3 Å². The van der Waals surface area contributed by atoms with E-state index in [0.29, 0.717) is 24.7 Å². The summed E-state index contributed by atoms with van der Waals surface area (Å²) in [7, 11) is 1.56. The van der Waals surface area contributed by atoms with Crippen molar-refractivity contribution in [2.75, 3.05) is 33.4 Å². The van der Waals surface area contributed by atoms with Crippen LogP contribution in [0, 0.1) is 23.7 Å². The Bertz CT molecular complexity index is 1190. The number of methoxy groups -OCH3 is 1. The first-order valence-electron chi connectivity index (χ1n) is 16.2. The smallest absolute Gasteiger partial charge is 0.391 e. The molecule has 3 aliphatic rings. The third kappa shape index (κ3) is 10.1. The molecule has 0 unspecified atom stereocenters. The quantitative estimate of drug-likeness (QED) is 0.252. The lowest BCUT2D eigenvalue weighted by atomic mass is 9.81. The predicted molar refractivity (Wildman–Crippen MR) is 162 cm³/mol. The largest absolute Gasteiger partial charge is 0.497 e. The minimum Gasteiger partial charge on any atom is -0.497 e. The van der Waals surface area contributed by atoms with Gasteiger partial charge in [0.15, 0.2) is 11.6 Å². The number of carbonyl (C=O) groups is 4. The molecule has 3 fully saturated rings. The van der Waals surface area contributed by atoms with Crippen molar-refractivity contribution >= 4 is 23.3 Å². The molecule has 2 saturated heterocycles. The van der Waals surface area contributed by atoms with E-state index in [1.54, 1.807) is 38.0 Å². The van der Waals surface area contributed by atoms with Gasteiger partial charge in [0.2, 0.25) is 5.91 Å². The maximum atomic E-state index is 13.9. The molecule has 0 spiro atoms. The fourth-order valence-corrected chi connectivity index (χ4v) is 6.72. The summed E-state index contributed by atoms with van der Waals surface area (Å²) >= 11 is 0. The number of Topliss-reactive ketones (excluding diaryl/α,β-unsaturated/α-hetero) is 3. The van der Waals surface area contributed by atoms with E-state index in [2.05, 4.69) is 5.32 Å². The third-order valence-corrected chi connectivity index (χ3v) is 9.75. The number of rotatable bonds is 16. The number of alkyl halides is 3. The molecule has 1 N–H and O–H groups in total. The van der Waals surface area contributed by atoms with E-state index in [9.17, 15) is 32.3 Å². The van der Waals surface area contributed by atoms with E-state index in [0.717, 1.165) is 31.2 Å². The van der Waals surface area contributed by atoms with Crippen molar-refractivity contribution in [2.24, 2.45) is 23.7 Å². The standard InChI is InChI=1S/C34H47F3N2O6/c1-22(16-27(40)20-39-14-12-26(13-15-39)34(35,36)37)32(43)38-29(18-24-8-10-28(44-3)11-9-24)30(41)19-25(17-23-6-4-5-7-23)31(42)33(2)21-45-33/h8-11,22-23,25-26,29H,4-7,12-21H2,1-3H3,(H,38,43)/t22-,25-,29+,33-/m1/s1. The number of halogens is 3. The zero-order valence-corrected chi connectivity index (χ0v) is 26.6. The van der Waals surface area contributed by atoms with Crippen LogP contribution < -0.4 is 10.1 Å². The summed E-state index contributed by atoms with van der Waals surface area (Å²) in [6, 6.07) is 6.28. The van der Waals surface area contributed by atoms with Gasteiger partial charge in [0, 0.05) is 24.7 Å². The zero-order chi connectivity index (χ0) is 32.8. The Kier molecular flexibility index (Phi) is 11.8. The lowest BCUT2D eigenvalue weighted by Gasteiger charge is -2.32. The zero-order valence-electron chi connectivity index (χ0n) is 26.6. The Morgan fingerprint density at radius 3 is 2.22 bits per heavy atom. The number of hydrogen-bond donors (Lipinski definition) is 1. The number of amides is 1. The molecular weight excluding hydrogens is 589 g/mol. The number of epoxide rings is 1. The van der Waals surface area contributed by atoms with Crippen LogP contribution in [-0.2, 0) is 30.3 Å². The molecule has 4 rings (SSSR count). The second-order valence-corrected chi connectivity index (χ2v) is 13.5. The summed E-state index contributed by atoms with van der Waals surface area (Å²) in [5.41, 5.74) is -0.0496. The molecule has 1 amide bonds. The summed E-state index contributed by atoms with van der Waals surface area (Å²) in [6.07, 6.45) is 0.729. The van der Waals surface area contributed by atoms with Crippen LogP contribution in [0.4, 0.5) is 13.2 Å². The average molecular weight is 637 g/mol. The predicted octanol–water partition coefficient (Wildman–Crippen LogP) is 5.11. The second-order valence-electron chi connectivity index (χ2n) is 13.5. The Hall–Kier alpha value is -2.79. The molecule has 4 atom stereocenters. The number of carbonyl (C=O) groups excluding carboxylic acids is 4. The van der Waals surface area contributed by atoms with Gasteiger partial charge in [-0.3, -0.25) is 24.1 Å². The van der Waals surface area contributed by atoms with Crippen molar-refractivity contribution in [3.05, 3.63) is 29.8 Å². The number of nitrogens with one attached hydrogen (secondary N) is 1. The van der Waals surface area contributed by atoms with Crippen LogP contribution in [0.3, 0.4) is 0 Å². The van der Waals surface area contributed by atoms with Crippen LogP contribution in [-0.4, -0.2) is 79.3 Å². The highest BCUT2D eigenvalue weighted by molar-refractivity contribution is 5.97. The summed E-state index contributed by atoms with van der Waals surface area (Å²) < 4.78 is 49.7. The molecule has 11 heteroatoms. The molecule has 0 aromatic heterocycles. The first-order chi connectivity index (χ1) is 21.3. The molecule has 1 aromatic rings. The third-order valence-electron chi connectivity index (χ3n) is 9.75. The Balaban J connectivity index is 1.39. The number of hydrogen-bond acceptors (Lipinski definition) is 7. The lowest BCUT2D eigenvalue weighted by molar-refractivity contribution is -0.185. The van der Waals surface area contributed by atoms with E-state index in [1.165, 1.54) is 0 Å². The number of benzene rings is 1. The normalized spacial score (nSPS) is 23.2. The maximum absolute atomic E-state index is 13.9. The molecule has 8 nitrogen and oxygen atoms in total. The summed E-state index contributed by atoms with van der Waals surface area (Å²) in [4.78, 5) is 55.1. The SMILES string of the molecule is COc1ccc(C[C@H](NC(=O)[C@H](C)CC(=O)CN2CCC(C(F)(F)F)CC2)C(=O)C[C@@H](CC2CCCC2)C(=O)[C@@]2(C)CO2)cc1. The van der Waals surface area contributed by atoms with Crippen molar-refractivity contribution in [1.29, 1.82) is 0 Å². The minimum absolute atomic E-state index is 0.00340. The number of nitrogens with zero attached hydrogens (tertiary/aromatic N) is 1. The minimum atomic E-state index is -4.23. The van der Waals surface area contributed by atoms with Crippen LogP contribution >= 0.6 is 0 Å². The summed E-state index contributed by atoms with van der Waals surface area (Å²) in [6.45, 7) is 4.06. The molecule has 2 heterocycles. The fraction of sp³-hybridized carbons (Fsp3) is 0.706. The highest BCUT2D eigenvalue weighted by atomic mass is 19.4. The van der Waals surface area contributed by atoms with Crippen LogP contribution in [0.1, 0.15) is 77.2 Å². The van der Waals surface area contributed by atoms with E-state index in [-0.39, 0.29) is 69.1 Å². The van der Waals surface area contributed by atoms with Crippen molar-refractivity contribution < 1.29 is 41.8 Å². The molecule has 1 saturated carbocycles. The van der Waals surface area contributed by atoms with Gasteiger partial charge in [0.25, 0.3) is 0 Å². The monoisotopic (exact) mass is 636 g/mol. The van der Waals surface area contributed by atoms with Gasteiger partial charge >= 0.3 is 6.18 Å². The van der Waals surface area contributed by atoms with Gasteiger partial charge < -0.3 is 14.8 Å². The van der Waals surface area contributed by atoms with Gasteiger partial charge in [-0.05, 0) is 69.3 Å². The lowest BCUT2D eigenvalue weighted by Crippen LogP contribution is -2.46. The molecule has 0 radical (unpaired) electrons. The highest BCUT2D eigenvalue weighted by Crippen LogP contribution is 2.38. The number of piperidine rings is 1. The molecular formula is C34H47F3N2O6. The van der Waals surface area contributed by atoms with Crippen LogP contribution in [0.2, 0.25) is 0 Å². The summed E-state index contributed by atoms with van der Waals surface area (Å²) in [5.74, 6) is -2.55. The van der Waals surface area contributed by atoms with E-state index >= 15 is 0 Å². The van der Waals surface area contributed by atoms with Crippen LogP contribution in [0.25, 0.3) is 0 Å². The second kappa shape index (κ2) is 15.2. The molecule has 1 aromatic carbocycles. The molecule has 1 aliphatic carbocycles. The summed E-state index contributed by atoms with van der Waals surface area (Å²) in [5, 5.41) is 2.86. The average Bonchev–Trinajstić information content (AvgIpc) is 3.54. The maximum Gasteiger partial charge on any atom is 0.391 e. The van der Waals surface area contributed by atoms with Crippen molar-refractivity contribution in [1.82, 2.24) is 10.2 Å². The molecule has 0 bridgehead atoms. The van der Waals surface area contributed by atoms with Gasteiger partial charge in [-0.2, -0.15) is 13.2 Å². The Morgan fingerprint density at radius 1 is 1.04 bits per heavy atom. The first kappa shape index (κ1) is 35.1. The van der Waals surface area contributed by atoms with E-state index in [1.807, 2.05) is 12.1 Å². The van der Waals surface area contributed by atoms with Gasteiger partial charge in [-0.25, -0.2) is 0 Å². The Labute approximate surface area is 263 Å². The number of ether oxygens (including phenoxy) is 2. The van der Waals surface area contributed by atoms with Crippen LogP contribution in [0.5, 0.6) is 5.75 Å². The van der Waals surface area contributed by atoms with Gasteiger partial charge in [0.1, 0.15) is 17.1 Å². The number of ketones is 3. The van der Waals surface area contributed by atoms with Gasteiger partial charge in [-0.1, -0.05) is 44.7 Å². The van der Waals surface area contributed by atoms with Crippen molar-refractivity contribution in [3.8, 4) is 5.75 Å². The molecule has 45 heavy (non-hydrogen) atoms. The van der Waals surface area contributed by atoms with Gasteiger partial charge in [-0.15, -0.1) is 0 Å². The van der Waals surface area contributed by atoms with Crippen molar-refractivity contribution in [3.63, 3.8) is 0 Å². The topological polar surface area (TPSA) is 105 Å². The van der Waals surface area contributed by atoms with Gasteiger partial charge in [0.05, 0.1) is 32.2 Å². The van der Waals surface area contributed by atoms with E-state index < -0.39 is 41.5 Å². The first-order valence-corrected chi connectivity index (χ1v) is 16.2. The Morgan fingerprint density at radius 2 is 1.67 bits per heavy atom.